The summed E-state index contributed by atoms with van der Waals surface area (Å²) in [5.41, 5.74) is 5.10. The zero-order valence-electron chi connectivity index (χ0n) is 22.4. The fourth-order valence-corrected chi connectivity index (χ4v) is 3.59. The number of unbranched alkanes of at least 4 members (excludes halogenated alkanes) is 2. The van der Waals surface area contributed by atoms with Crippen molar-refractivity contribution in [3.63, 3.8) is 0 Å². The number of benzene rings is 2. The molecule has 2 aromatic carbocycles. The maximum atomic E-state index is 12.6. The molecule has 0 unspecified atom stereocenters. The maximum Gasteiger partial charge on any atom is 0.407 e. The minimum Gasteiger partial charge on any atom is -0.460 e. The van der Waals surface area contributed by atoms with Crippen molar-refractivity contribution < 1.29 is 23.9 Å². The second kappa shape index (κ2) is 13.3. The molecule has 0 bridgehead atoms. The third-order valence-electron chi connectivity index (χ3n) is 5.14. The highest BCUT2D eigenvalue weighted by Crippen LogP contribution is 2.16. The monoisotopic (exact) mass is 499 g/mol. The van der Waals surface area contributed by atoms with Crippen molar-refractivity contribution in [2.45, 2.75) is 90.9 Å². The molecule has 0 heterocycles. The van der Waals surface area contributed by atoms with Gasteiger partial charge in [0.25, 0.3) is 5.91 Å². The van der Waals surface area contributed by atoms with E-state index in [4.69, 9.17) is 9.47 Å². The number of amides is 2. The number of alkyl carbamates (subject to hydrolysis) is 1. The number of carbonyl (C=O) groups excluding carboxylic acids is 3. The number of rotatable bonds is 11. The van der Waals surface area contributed by atoms with Crippen LogP contribution in [0.25, 0.3) is 10.8 Å². The molecule has 8 heteroatoms. The molecule has 1 atom stereocenters. The van der Waals surface area contributed by atoms with Crippen LogP contribution in [0, 0.1) is 0 Å². The van der Waals surface area contributed by atoms with Gasteiger partial charge in [-0.3, -0.25) is 15.0 Å². The quantitative estimate of drug-likeness (QED) is 0.221. The number of hydrazine groups is 1. The highest BCUT2D eigenvalue weighted by molar-refractivity contribution is 5.98. The van der Waals surface area contributed by atoms with Gasteiger partial charge >= 0.3 is 12.1 Å². The third-order valence-corrected chi connectivity index (χ3v) is 5.14. The van der Waals surface area contributed by atoms with E-state index >= 15 is 0 Å². The second-order valence-electron chi connectivity index (χ2n) is 10.9. The largest absolute Gasteiger partial charge is 0.460 e. The van der Waals surface area contributed by atoms with Crippen LogP contribution in [0.5, 0.6) is 0 Å². The van der Waals surface area contributed by atoms with Gasteiger partial charge in [0.1, 0.15) is 11.2 Å². The zero-order valence-corrected chi connectivity index (χ0v) is 22.4. The average molecular weight is 500 g/mol. The van der Waals surface area contributed by atoms with Gasteiger partial charge < -0.3 is 14.8 Å². The summed E-state index contributed by atoms with van der Waals surface area (Å²) in [5.74, 6) is -0.460. The number of carbonyl (C=O) groups is 3. The summed E-state index contributed by atoms with van der Waals surface area (Å²) in [7, 11) is 0. The van der Waals surface area contributed by atoms with Crippen molar-refractivity contribution in [3.8, 4) is 0 Å². The van der Waals surface area contributed by atoms with Crippen LogP contribution in [0.1, 0.15) is 84.0 Å². The lowest BCUT2D eigenvalue weighted by molar-refractivity contribution is -0.154. The normalized spacial score (nSPS) is 12.6. The van der Waals surface area contributed by atoms with Gasteiger partial charge in [0.2, 0.25) is 0 Å². The molecule has 0 aliphatic heterocycles. The SMILES string of the molecule is CC(C)(C)OC(=O)CCCCC[C@H](CNNC(=O)c1ccc2ccccc2c1)NC(=O)OC(C)(C)C. The van der Waals surface area contributed by atoms with Gasteiger partial charge in [0.15, 0.2) is 0 Å². The molecule has 198 valence electrons. The van der Waals surface area contributed by atoms with E-state index in [0.717, 1.165) is 23.6 Å². The molecule has 2 rings (SSSR count). The van der Waals surface area contributed by atoms with Crippen molar-refractivity contribution in [2.24, 2.45) is 0 Å². The van der Waals surface area contributed by atoms with Crippen LogP contribution < -0.4 is 16.2 Å². The molecule has 0 radical (unpaired) electrons. The van der Waals surface area contributed by atoms with E-state index < -0.39 is 17.3 Å². The van der Waals surface area contributed by atoms with Crippen LogP contribution in [0.3, 0.4) is 0 Å². The molecular weight excluding hydrogens is 458 g/mol. The summed E-state index contributed by atoms with van der Waals surface area (Å²) in [6.07, 6.45) is 2.83. The van der Waals surface area contributed by atoms with E-state index in [9.17, 15) is 14.4 Å². The van der Waals surface area contributed by atoms with Crippen molar-refractivity contribution in [2.75, 3.05) is 6.54 Å². The molecule has 0 spiro atoms. The number of esters is 1. The van der Waals surface area contributed by atoms with Crippen LogP contribution in [-0.4, -0.2) is 41.8 Å². The first-order chi connectivity index (χ1) is 16.8. The Kier molecular flexibility index (Phi) is 10.7. The molecule has 0 saturated carbocycles. The fraction of sp³-hybridized carbons (Fsp3) is 0.536. The zero-order chi connectivity index (χ0) is 26.8. The first-order valence-electron chi connectivity index (χ1n) is 12.6. The van der Waals surface area contributed by atoms with Crippen molar-refractivity contribution in [3.05, 3.63) is 48.0 Å². The molecule has 8 nitrogen and oxygen atoms in total. The van der Waals surface area contributed by atoms with E-state index in [0.29, 0.717) is 31.4 Å². The lowest BCUT2D eigenvalue weighted by Crippen LogP contribution is -2.48. The van der Waals surface area contributed by atoms with Crippen LogP contribution >= 0.6 is 0 Å². The Labute approximate surface area is 214 Å². The number of nitrogens with one attached hydrogen (secondary N) is 3. The van der Waals surface area contributed by atoms with Crippen LogP contribution in [0.2, 0.25) is 0 Å². The Balaban J connectivity index is 1.84. The molecule has 0 fully saturated rings. The Morgan fingerprint density at radius 2 is 1.50 bits per heavy atom. The van der Waals surface area contributed by atoms with Gasteiger partial charge in [-0.1, -0.05) is 43.2 Å². The maximum absolute atomic E-state index is 12.6. The molecule has 0 saturated heterocycles. The summed E-state index contributed by atoms with van der Waals surface area (Å²) in [5, 5.41) is 4.93. The van der Waals surface area contributed by atoms with Crippen molar-refractivity contribution in [1.82, 2.24) is 16.2 Å². The Bertz CT molecular complexity index is 1020. The van der Waals surface area contributed by atoms with Gasteiger partial charge in [-0.2, -0.15) is 0 Å². The van der Waals surface area contributed by atoms with E-state index in [-0.39, 0.29) is 17.9 Å². The highest BCUT2D eigenvalue weighted by atomic mass is 16.6. The lowest BCUT2D eigenvalue weighted by Gasteiger charge is -2.24. The minimum absolute atomic E-state index is 0.205. The summed E-state index contributed by atoms with van der Waals surface area (Å²) in [6.45, 7) is 11.3. The second-order valence-corrected chi connectivity index (χ2v) is 10.9. The number of hydrogen-bond acceptors (Lipinski definition) is 6. The number of hydrogen-bond donors (Lipinski definition) is 3. The van der Waals surface area contributed by atoms with Crippen LogP contribution in [0.15, 0.2) is 42.5 Å². The summed E-state index contributed by atoms with van der Waals surface area (Å²) < 4.78 is 10.7. The van der Waals surface area contributed by atoms with Crippen LogP contribution in [0.4, 0.5) is 4.79 Å². The van der Waals surface area contributed by atoms with Gasteiger partial charge in [-0.15, -0.1) is 0 Å². The molecule has 0 aliphatic rings. The Morgan fingerprint density at radius 3 is 2.17 bits per heavy atom. The summed E-state index contributed by atoms with van der Waals surface area (Å²) >= 11 is 0. The van der Waals surface area contributed by atoms with E-state index in [1.807, 2.05) is 57.2 Å². The summed E-state index contributed by atoms with van der Waals surface area (Å²) in [6, 6.07) is 13.1. The van der Waals surface area contributed by atoms with Crippen molar-refractivity contribution in [1.29, 1.82) is 0 Å². The van der Waals surface area contributed by atoms with Crippen LogP contribution in [-0.2, 0) is 14.3 Å². The predicted molar refractivity (Wildman–Crippen MR) is 142 cm³/mol. The van der Waals surface area contributed by atoms with E-state index in [2.05, 4.69) is 16.2 Å². The minimum atomic E-state index is -0.611. The fourth-order valence-electron chi connectivity index (χ4n) is 3.59. The van der Waals surface area contributed by atoms with Gasteiger partial charge in [0, 0.05) is 24.6 Å². The van der Waals surface area contributed by atoms with Gasteiger partial charge in [0.05, 0.1) is 0 Å². The molecule has 0 aliphatic carbocycles. The van der Waals surface area contributed by atoms with Crippen molar-refractivity contribution >= 4 is 28.7 Å². The van der Waals surface area contributed by atoms with E-state index in [1.54, 1.807) is 26.8 Å². The van der Waals surface area contributed by atoms with Gasteiger partial charge in [-0.25, -0.2) is 10.2 Å². The molecule has 2 aromatic rings. The topological polar surface area (TPSA) is 106 Å². The first-order valence-corrected chi connectivity index (χ1v) is 12.6. The standard InChI is InChI=1S/C28H41N3O5/c1-27(2,3)35-24(32)15-9-7-8-14-23(30-26(34)36-28(4,5)6)19-29-31-25(33)22-17-16-20-12-10-11-13-21(20)18-22/h10-13,16-18,23,29H,7-9,14-15,19H2,1-6H3,(H,30,34)(H,31,33)/t23-/m1/s1. The molecular formula is C28H41N3O5. The summed E-state index contributed by atoms with van der Waals surface area (Å²) in [4.78, 5) is 36.8. The van der Waals surface area contributed by atoms with Gasteiger partial charge in [-0.05, 0) is 77.3 Å². The molecule has 36 heavy (non-hydrogen) atoms. The number of ether oxygens (including phenoxy) is 2. The predicted octanol–water partition coefficient (Wildman–Crippen LogP) is 5.26. The third kappa shape index (κ3) is 11.5. The Morgan fingerprint density at radius 1 is 0.833 bits per heavy atom. The smallest absolute Gasteiger partial charge is 0.407 e. The first kappa shape index (κ1) is 29.1. The number of fused-ring (bicyclic) bond motifs is 1. The average Bonchev–Trinajstić information content (AvgIpc) is 2.75. The lowest BCUT2D eigenvalue weighted by atomic mass is 10.1. The highest BCUT2D eigenvalue weighted by Gasteiger charge is 2.20. The molecule has 2 amide bonds. The molecule has 3 N–H and O–H groups in total. The Hall–Kier alpha value is -3.13. The van der Waals surface area contributed by atoms with E-state index in [1.165, 1.54) is 0 Å². The molecule has 0 aromatic heterocycles.